The van der Waals surface area contributed by atoms with Gasteiger partial charge in [-0.3, -0.25) is 4.90 Å². The summed E-state index contributed by atoms with van der Waals surface area (Å²) >= 11 is 0. The Kier molecular flexibility index (Phi) is 1.46. The first-order chi connectivity index (χ1) is 5.74. The van der Waals surface area contributed by atoms with Crippen molar-refractivity contribution < 1.29 is 9.53 Å². The van der Waals surface area contributed by atoms with Gasteiger partial charge >= 0.3 is 6.09 Å². The van der Waals surface area contributed by atoms with Crippen molar-refractivity contribution in [3.8, 4) is 0 Å². The molecule has 1 aliphatic heterocycles. The number of hydrogen-bond acceptors (Lipinski definition) is 2. The lowest BCUT2D eigenvalue weighted by atomic mass is 9.82. The molecule has 1 heterocycles. The summed E-state index contributed by atoms with van der Waals surface area (Å²) in [6.07, 6.45) is 5.65. The van der Waals surface area contributed by atoms with Crippen LogP contribution in [0, 0.1) is 5.92 Å². The molecule has 0 saturated carbocycles. The first-order valence-electron chi connectivity index (χ1n) is 3.97. The first kappa shape index (κ1) is 7.40. The number of rotatable bonds is 0. The second-order valence-electron chi connectivity index (χ2n) is 3.15. The van der Waals surface area contributed by atoms with Crippen LogP contribution >= 0.6 is 0 Å². The number of ether oxygens (including phenoxy) is 1. The third kappa shape index (κ3) is 0.793. The molecule has 2 atom stereocenters. The number of carbonyl (C=O) groups is 1. The van der Waals surface area contributed by atoms with Crippen LogP contribution in [0.5, 0.6) is 0 Å². The predicted molar refractivity (Wildman–Crippen MR) is 44.4 cm³/mol. The van der Waals surface area contributed by atoms with E-state index in [1.165, 1.54) is 12.7 Å². The van der Waals surface area contributed by atoms with Gasteiger partial charge in [0, 0.05) is 12.1 Å². The van der Waals surface area contributed by atoms with Crippen LogP contribution in [0.25, 0.3) is 0 Å². The molecule has 0 spiro atoms. The number of methoxy groups -OCH3 is 1. The van der Waals surface area contributed by atoms with Crippen molar-refractivity contribution in [1.82, 2.24) is 4.90 Å². The van der Waals surface area contributed by atoms with Gasteiger partial charge in [0.15, 0.2) is 0 Å². The fraction of sp³-hybridized carbons (Fsp3) is 0.444. The van der Waals surface area contributed by atoms with Gasteiger partial charge in [-0.25, -0.2) is 4.79 Å². The van der Waals surface area contributed by atoms with E-state index in [0.29, 0.717) is 5.92 Å². The van der Waals surface area contributed by atoms with Gasteiger partial charge in [0.1, 0.15) is 0 Å². The third-order valence-electron chi connectivity index (χ3n) is 2.49. The monoisotopic (exact) mass is 165 g/mol. The van der Waals surface area contributed by atoms with Gasteiger partial charge in [-0.15, -0.1) is 0 Å². The second kappa shape index (κ2) is 2.37. The maximum Gasteiger partial charge on any atom is 0.414 e. The highest BCUT2D eigenvalue weighted by atomic mass is 16.5. The van der Waals surface area contributed by atoms with E-state index < -0.39 is 0 Å². The van der Waals surface area contributed by atoms with Crippen molar-refractivity contribution >= 4 is 6.09 Å². The molecule has 64 valence electrons. The Balaban J connectivity index is 2.14. The summed E-state index contributed by atoms with van der Waals surface area (Å²) in [5.74, 6) is 0.434. The van der Waals surface area contributed by atoms with Gasteiger partial charge in [-0.05, 0) is 6.92 Å². The van der Waals surface area contributed by atoms with Gasteiger partial charge in [0.05, 0.1) is 13.2 Å². The van der Waals surface area contributed by atoms with Gasteiger partial charge in [-0.2, -0.15) is 0 Å². The molecule has 12 heavy (non-hydrogen) atoms. The Morgan fingerprint density at radius 1 is 1.67 bits per heavy atom. The summed E-state index contributed by atoms with van der Waals surface area (Å²) in [5, 5.41) is 0. The average molecular weight is 165 g/mol. The summed E-state index contributed by atoms with van der Waals surface area (Å²) in [4.78, 5) is 12.8. The maximum absolute atomic E-state index is 11.1. The number of amides is 1. The van der Waals surface area contributed by atoms with Gasteiger partial charge < -0.3 is 4.74 Å². The van der Waals surface area contributed by atoms with Crippen LogP contribution in [0.1, 0.15) is 6.92 Å². The van der Waals surface area contributed by atoms with Crippen LogP contribution < -0.4 is 0 Å². The normalized spacial score (nSPS) is 30.8. The summed E-state index contributed by atoms with van der Waals surface area (Å²) in [5.41, 5.74) is 1.34. The summed E-state index contributed by atoms with van der Waals surface area (Å²) in [7, 11) is 1.40. The molecule has 0 radical (unpaired) electrons. The van der Waals surface area contributed by atoms with Gasteiger partial charge in [0.2, 0.25) is 0 Å². The minimum Gasteiger partial charge on any atom is -0.452 e. The molecule has 2 rings (SSSR count). The Morgan fingerprint density at radius 3 is 2.92 bits per heavy atom. The highest BCUT2D eigenvalue weighted by Crippen LogP contribution is 2.37. The van der Waals surface area contributed by atoms with E-state index in [-0.39, 0.29) is 12.1 Å². The Bertz CT molecular complexity index is 280. The topological polar surface area (TPSA) is 29.5 Å². The highest BCUT2D eigenvalue weighted by molar-refractivity contribution is 5.71. The van der Waals surface area contributed by atoms with Crippen LogP contribution in [0.3, 0.4) is 0 Å². The number of carbonyl (C=O) groups excluding carboxylic acids is 1. The van der Waals surface area contributed by atoms with Crippen molar-refractivity contribution in [1.29, 1.82) is 0 Å². The Hall–Kier alpha value is -1.25. The molecular weight excluding hydrogens is 154 g/mol. The van der Waals surface area contributed by atoms with Crippen LogP contribution in [0.2, 0.25) is 0 Å². The summed E-state index contributed by atoms with van der Waals surface area (Å²) in [6, 6.07) is 0.220. The number of fused-ring (bicyclic) bond motifs is 1. The average Bonchev–Trinajstić information content (AvgIpc) is 2.40. The fourth-order valence-electron chi connectivity index (χ4n) is 1.73. The van der Waals surface area contributed by atoms with Crippen molar-refractivity contribution in [2.75, 3.05) is 7.11 Å². The van der Waals surface area contributed by atoms with Crippen molar-refractivity contribution in [3.63, 3.8) is 0 Å². The SMILES string of the molecule is COC(=O)N1C=CC2C(C)=CC21. The van der Waals surface area contributed by atoms with E-state index in [4.69, 9.17) is 0 Å². The molecule has 0 saturated heterocycles. The zero-order valence-electron chi connectivity index (χ0n) is 7.15. The van der Waals surface area contributed by atoms with E-state index in [1.807, 2.05) is 6.08 Å². The zero-order chi connectivity index (χ0) is 8.72. The largest absolute Gasteiger partial charge is 0.452 e. The summed E-state index contributed by atoms with van der Waals surface area (Å²) in [6.45, 7) is 2.08. The molecule has 2 aliphatic rings. The van der Waals surface area contributed by atoms with Crippen LogP contribution in [0.4, 0.5) is 4.79 Å². The van der Waals surface area contributed by atoms with Crippen LogP contribution in [-0.4, -0.2) is 24.1 Å². The molecule has 0 aromatic rings. The summed E-state index contributed by atoms with van der Waals surface area (Å²) < 4.78 is 4.63. The third-order valence-corrected chi connectivity index (χ3v) is 2.49. The van der Waals surface area contributed by atoms with Crippen molar-refractivity contribution in [2.45, 2.75) is 13.0 Å². The lowest BCUT2D eigenvalue weighted by molar-refractivity contribution is 0.130. The molecule has 0 fully saturated rings. The molecule has 1 amide bonds. The molecular formula is C9H11NO2. The fourth-order valence-corrected chi connectivity index (χ4v) is 1.73. The molecule has 0 N–H and O–H groups in total. The van der Waals surface area contributed by atoms with E-state index >= 15 is 0 Å². The van der Waals surface area contributed by atoms with E-state index in [1.54, 1.807) is 11.1 Å². The van der Waals surface area contributed by atoms with Gasteiger partial charge in [-0.1, -0.05) is 17.7 Å². The molecule has 0 aromatic heterocycles. The number of nitrogens with zero attached hydrogens (tertiary/aromatic N) is 1. The zero-order valence-corrected chi connectivity index (χ0v) is 7.15. The molecule has 0 aromatic carbocycles. The van der Waals surface area contributed by atoms with E-state index in [0.717, 1.165) is 0 Å². The first-order valence-corrected chi connectivity index (χ1v) is 3.97. The maximum atomic E-state index is 11.1. The Morgan fingerprint density at radius 2 is 2.42 bits per heavy atom. The highest BCUT2D eigenvalue weighted by Gasteiger charge is 2.38. The minimum absolute atomic E-state index is 0.220. The molecule has 1 aliphatic carbocycles. The Labute approximate surface area is 71.3 Å². The minimum atomic E-state index is -0.275. The van der Waals surface area contributed by atoms with E-state index in [2.05, 4.69) is 17.7 Å². The van der Waals surface area contributed by atoms with E-state index in [9.17, 15) is 4.79 Å². The molecule has 3 heteroatoms. The lowest BCUT2D eigenvalue weighted by Crippen LogP contribution is -2.40. The van der Waals surface area contributed by atoms with Crippen LogP contribution in [-0.2, 0) is 4.74 Å². The quantitative estimate of drug-likeness (QED) is 0.509. The molecule has 0 bridgehead atoms. The van der Waals surface area contributed by atoms with Gasteiger partial charge in [0.25, 0.3) is 0 Å². The number of hydrogen-bond donors (Lipinski definition) is 0. The second-order valence-corrected chi connectivity index (χ2v) is 3.15. The molecule has 2 unspecified atom stereocenters. The predicted octanol–water partition coefficient (Wildman–Crippen LogP) is 1.53. The van der Waals surface area contributed by atoms with Crippen LogP contribution in [0.15, 0.2) is 23.9 Å². The smallest absolute Gasteiger partial charge is 0.414 e. The van der Waals surface area contributed by atoms with Crippen molar-refractivity contribution in [3.05, 3.63) is 23.9 Å². The van der Waals surface area contributed by atoms with Crippen molar-refractivity contribution in [2.24, 2.45) is 5.92 Å². The lowest BCUT2D eigenvalue weighted by Gasteiger charge is -2.32. The molecule has 3 nitrogen and oxygen atoms in total. The standard InChI is InChI=1S/C9H11NO2/c1-6-5-8-7(6)3-4-10(8)9(11)12-2/h3-5,7-8H,1-2H3.